The third-order valence-corrected chi connectivity index (χ3v) is 5.35. The maximum atomic E-state index is 14.0. The van der Waals surface area contributed by atoms with Gasteiger partial charge in [0.1, 0.15) is 5.82 Å². The van der Waals surface area contributed by atoms with Crippen molar-refractivity contribution in [3.05, 3.63) is 63.9 Å². The minimum atomic E-state index is -0.532. The van der Waals surface area contributed by atoms with Gasteiger partial charge in [-0.05, 0) is 36.2 Å². The van der Waals surface area contributed by atoms with E-state index in [-0.39, 0.29) is 23.9 Å². The van der Waals surface area contributed by atoms with E-state index in [2.05, 4.69) is 28.2 Å². The quantitative estimate of drug-likeness (QED) is 0.762. The summed E-state index contributed by atoms with van der Waals surface area (Å²) in [4.78, 5) is 28.6. The number of nitrogens with zero attached hydrogens (tertiary/aromatic N) is 2. The van der Waals surface area contributed by atoms with Gasteiger partial charge in [0.2, 0.25) is 5.91 Å². The number of para-hydroxylation sites is 1. The molecule has 148 valence electrons. The predicted molar refractivity (Wildman–Crippen MR) is 111 cm³/mol. The van der Waals surface area contributed by atoms with Gasteiger partial charge in [0.05, 0.1) is 12.1 Å². The Hall–Kier alpha value is -2.25. The molecule has 0 spiro atoms. The zero-order valence-corrected chi connectivity index (χ0v) is 17.3. The summed E-state index contributed by atoms with van der Waals surface area (Å²) in [6, 6.07) is 12.2. The molecule has 0 unspecified atom stereocenters. The van der Waals surface area contributed by atoms with Gasteiger partial charge >= 0.3 is 0 Å². The van der Waals surface area contributed by atoms with Crippen molar-refractivity contribution in [2.45, 2.75) is 13.3 Å². The monoisotopic (exact) mass is 447 g/mol. The first-order chi connectivity index (χ1) is 13.5. The van der Waals surface area contributed by atoms with E-state index in [4.69, 9.17) is 0 Å². The van der Waals surface area contributed by atoms with E-state index in [1.807, 2.05) is 29.2 Å². The maximum absolute atomic E-state index is 14.0. The number of hydrogen-bond donors (Lipinski definition) is 1. The van der Waals surface area contributed by atoms with Gasteiger partial charge in [0, 0.05) is 36.3 Å². The summed E-state index contributed by atoms with van der Waals surface area (Å²) in [5, 5.41) is 2.97. The van der Waals surface area contributed by atoms with Crippen molar-refractivity contribution >= 4 is 33.4 Å². The summed E-state index contributed by atoms with van der Waals surface area (Å²) in [6.45, 7) is 4.40. The van der Waals surface area contributed by atoms with Gasteiger partial charge in [-0.3, -0.25) is 14.5 Å². The molecular formula is C21H23BrFN3O2. The van der Waals surface area contributed by atoms with Gasteiger partial charge in [-0.15, -0.1) is 0 Å². The molecule has 28 heavy (non-hydrogen) atoms. The highest BCUT2D eigenvalue weighted by Crippen LogP contribution is 2.18. The average Bonchev–Trinajstić information content (AvgIpc) is 2.68. The molecule has 0 radical (unpaired) electrons. The lowest BCUT2D eigenvalue weighted by Gasteiger charge is -2.34. The molecule has 0 aromatic heterocycles. The minimum absolute atomic E-state index is 0.0698. The van der Waals surface area contributed by atoms with Crippen molar-refractivity contribution in [2.75, 3.05) is 38.0 Å². The highest BCUT2D eigenvalue weighted by atomic mass is 79.9. The fourth-order valence-corrected chi connectivity index (χ4v) is 3.62. The standard InChI is InChI=1S/C21H23BrFN3O2/c1-2-15-5-3-4-6-19(15)24-20(27)14-25-9-11-26(12-10-25)21(28)17-8-7-16(22)13-18(17)23/h3-8,13H,2,9-12,14H2,1H3,(H,24,27). The maximum Gasteiger partial charge on any atom is 0.256 e. The molecular weight excluding hydrogens is 425 g/mol. The molecule has 1 N–H and O–H groups in total. The molecule has 1 saturated heterocycles. The summed E-state index contributed by atoms with van der Waals surface area (Å²) in [5.41, 5.74) is 2.02. The Balaban J connectivity index is 1.52. The van der Waals surface area contributed by atoms with Gasteiger partial charge in [0.25, 0.3) is 5.91 Å². The number of benzene rings is 2. The molecule has 2 aromatic carbocycles. The summed E-state index contributed by atoms with van der Waals surface area (Å²) >= 11 is 3.20. The molecule has 1 heterocycles. The Labute approximate surface area is 172 Å². The van der Waals surface area contributed by atoms with Crippen LogP contribution in [0.3, 0.4) is 0 Å². The summed E-state index contributed by atoms with van der Waals surface area (Å²) in [7, 11) is 0. The zero-order chi connectivity index (χ0) is 20.1. The van der Waals surface area contributed by atoms with Gasteiger partial charge in [-0.25, -0.2) is 4.39 Å². The van der Waals surface area contributed by atoms with E-state index >= 15 is 0 Å². The smallest absolute Gasteiger partial charge is 0.256 e. The number of aryl methyl sites for hydroxylation is 1. The number of hydrogen-bond acceptors (Lipinski definition) is 3. The van der Waals surface area contributed by atoms with E-state index < -0.39 is 5.82 Å². The van der Waals surface area contributed by atoms with E-state index in [1.54, 1.807) is 11.0 Å². The summed E-state index contributed by atoms with van der Waals surface area (Å²) in [6.07, 6.45) is 0.851. The Morgan fingerprint density at radius 2 is 1.82 bits per heavy atom. The number of amides is 2. The Bertz CT molecular complexity index is 866. The highest BCUT2D eigenvalue weighted by molar-refractivity contribution is 9.10. The van der Waals surface area contributed by atoms with Crippen LogP contribution in [-0.4, -0.2) is 54.3 Å². The molecule has 1 fully saturated rings. The van der Waals surface area contributed by atoms with Gasteiger partial charge in [-0.2, -0.15) is 0 Å². The summed E-state index contributed by atoms with van der Waals surface area (Å²) in [5.74, 6) is -0.915. The lowest BCUT2D eigenvalue weighted by Crippen LogP contribution is -2.50. The molecule has 1 aliphatic heterocycles. The van der Waals surface area contributed by atoms with E-state index in [0.29, 0.717) is 30.7 Å². The van der Waals surface area contributed by atoms with Crippen LogP contribution in [-0.2, 0) is 11.2 Å². The van der Waals surface area contributed by atoms with Crippen molar-refractivity contribution < 1.29 is 14.0 Å². The van der Waals surface area contributed by atoms with Crippen LogP contribution in [0.5, 0.6) is 0 Å². The van der Waals surface area contributed by atoms with Crippen LogP contribution in [0, 0.1) is 5.82 Å². The van der Waals surface area contributed by atoms with Gasteiger partial charge < -0.3 is 10.2 Å². The van der Waals surface area contributed by atoms with Crippen LogP contribution in [0.1, 0.15) is 22.8 Å². The van der Waals surface area contributed by atoms with Crippen LogP contribution < -0.4 is 5.32 Å². The van der Waals surface area contributed by atoms with Crippen molar-refractivity contribution in [1.82, 2.24) is 9.80 Å². The third-order valence-electron chi connectivity index (χ3n) is 4.86. The third kappa shape index (κ3) is 4.97. The van der Waals surface area contributed by atoms with Crippen LogP contribution in [0.2, 0.25) is 0 Å². The fourth-order valence-electron chi connectivity index (χ4n) is 3.29. The lowest BCUT2D eigenvalue weighted by atomic mass is 10.1. The van der Waals surface area contributed by atoms with Crippen molar-refractivity contribution in [2.24, 2.45) is 0 Å². The summed E-state index contributed by atoms with van der Waals surface area (Å²) < 4.78 is 14.6. The number of anilines is 1. The van der Waals surface area contributed by atoms with Crippen molar-refractivity contribution in [3.63, 3.8) is 0 Å². The molecule has 0 bridgehead atoms. The lowest BCUT2D eigenvalue weighted by molar-refractivity contribution is -0.117. The minimum Gasteiger partial charge on any atom is -0.336 e. The molecule has 1 aliphatic rings. The van der Waals surface area contributed by atoms with Gasteiger partial charge in [0.15, 0.2) is 0 Å². The van der Waals surface area contributed by atoms with E-state index in [0.717, 1.165) is 17.7 Å². The topological polar surface area (TPSA) is 52.7 Å². The molecule has 2 aromatic rings. The molecule has 7 heteroatoms. The molecule has 2 amide bonds. The Morgan fingerprint density at radius 1 is 1.11 bits per heavy atom. The van der Waals surface area contributed by atoms with Crippen LogP contribution in [0.15, 0.2) is 46.9 Å². The van der Waals surface area contributed by atoms with Crippen LogP contribution in [0.4, 0.5) is 10.1 Å². The Kier molecular flexibility index (Phi) is 6.80. The second-order valence-electron chi connectivity index (χ2n) is 6.75. The second-order valence-corrected chi connectivity index (χ2v) is 7.67. The van der Waals surface area contributed by atoms with E-state index in [9.17, 15) is 14.0 Å². The van der Waals surface area contributed by atoms with Crippen molar-refractivity contribution in [1.29, 1.82) is 0 Å². The molecule has 3 rings (SSSR count). The molecule has 5 nitrogen and oxygen atoms in total. The molecule has 0 aliphatic carbocycles. The number of halogens is 2. The van der Waals surface area contributed by atoms with Crippen molar-refractivity contribution in [3.8, 4) is 0 Å². The SMILES string of the molecule is CCc1ccccc1NC(=O)CN1CCN(C(=O)c2ccc(Br)cc2F)CC1. The number of carbonyl (C=O) groups is 2. The highest BCUT2D eigenvalue weighted by Gasteiger charge is 2.25. The first kappa shape index (κ1) is 20.5. The Morgan fingerprint density at radius 3 is 2.50 bits per heavy atom. The zero-order valence-electron chi connectivity index (χ0n) is 15.8. The first-order valence-electron chi connectivity index (χ1n) is 9.32. The first-order valence-corrected chi connectivity index (χ1v) is 10.1. The number of piperazine rings is 1. The number of nitrogens with one attached hydrogen (secondary N) is 1. The van der Waals surface area contributed by atoms with Gasteiger partial charge in [-0.1, -0.05) is 41.1 Å². The second kappa shape index (κ2) is 9.30. The van der Waals surface area contributed by atoms with E-state index in [1.165, 1.54) is 12.1 Å². The largest absolute Gasteiger partial charge is 0.336 e. The predicted octanol–water partition coefficient (Wildman–Crippen LogP) is 3.55. The molecule has 0 atom stereocenters. The number of rotatable bonds is 5. The average molecular weight is 448 g/mol. The molecule has 0 saturated carbocycles. The number of carbonyl (C=O) groups excluding carboxylic acids is 2. The fraction of sp³-hybridized carbons (Fsp3) is 0.333. The normalized spacial score (nSPS) is 14.8. The van der Waals surface area contributed by atoms with Crippen LogP contribution in [0.25, 0.3) is 0 Å². The van der Waals surface area contributed by atoms with Crippen LogP contribution >= 0.6 is 15.9 Å².